The van der Waals surface area contributed by atoms with Gasteiger partial charge in [0.05, 0.1) is 36.6 Å². The first-order valence-corrected chi connectivity index (χ1v) is 22.4. The maximum Gasteiger partial charge on any atom is 0.275 e. The Morgan fingerprint density at radius 1 is 0.651 bits per heavy atom. The molecule has 2 unspecified atom stereocenters. The van der Waals surface area contributed by atoms with Crippen molar-refractivity contribution >= 4 is 33.9 Å². The summed E-state index contributed by atoms with van der Waals surface area (Å²) in [5.74, 6) is -2.32. The number of nitrogens with one attached hydrogen (secondary N) is 2. The van der Waals surface area contributed by atoms with Gasteiger partial charge in [-0.15, -0.1) is 0 Å². The molecule has 2 spiro atoms. The molecule has 2 aliphatic carbocycles. The van der Waals surface area contributed by atoms with Crippen LogP contribution in [0, 0.1) is 5.92 Å². The zero-order chi connectivity index (χ0) is 43.3. The summed E-state index contributed by atoms with van der Waals surface area (Å²) in [6.45, 7) is 1.22. The average Bonchev–Trinajstić information content (AvgIpc) is 4.10. The van der Waals surface area contributed by atoms with E-state index in [1.807, 2.05) is 12.4 Å². The monoisotopic (exact) mass is 852 g/mol. The van der Waals surface area contributed by atoms with Crippen LogP contribution in [-0.2, 0) is 37.0 Å². The molecular weight excluding hydrogens is 801 g/mol. The number of pyridine rings is 2. The lowest BCUT2D eigenvalue weighted by molar-refractivity contribution is 0.0935. The zero-order valence-corrected chi connectivity index (χ0v) is 35.3. The van der Waals surface area contributed by atoms with Crippen LogP contribution in [0.15, 0.2) is 82.7 Å². The van der Waals surface area contributed by atoms with Crippen LogP contribution in [0.3, 0.4) is 0 Å². The highest BCUT2D eigenvalue weighted by Gasteiger charge is 2.44. The molecule has 2 amide bonds. The third-order valence-electron chi connectivity index (χ3n) is 14.0. The number of rotatable bonds is 1. The van der Waals surface area contributed by atoms with Gasteiger partial charge in [-0.2, -0.15) is 10.2 Å². The Morgan fingerprint density at radius 3 is 1.92 bits per heavy atom. The van der Waals surface area contributed by atoms with Gasteiger partial charge in [-0.1, -0.05) is 37.3 Å². The van der Waals surface area contributed by atoms with Crippen LogP contribution in [0.5, 0.6) is 11.5 Å². The van der Waals surface area contributed by atoms with E-state index < -0.39 is 45.2 Å². The Hall–Kier alpha value is -6.58. The molecule has 12 bridgehead atoms. The number of fused-ring (bicyclic) bond motifs is 14. The molecule has 16 heteroatoms. The summed E-state index contributed by atoms with van der Waals surface area (Å²) in [4.78, 5) is 63.4. The van der Waals surface area contributed by atoms with E-state index in [2.05, 4.69) is 72.7 Å². The molecular formula is C47H52N10O6. The zero-order valence-electron chi connectivity index (χ0n) is 35.3. The van der Waals surface area contributed by atoms with E-state index in [4.69, 9.17) is 9.97 Å². The molecule has 10 heterocycles. The van der Waals surface area contributed by atoms with Gasteiger partial charge in [0.25, 0.3) is 22.7 Å². The fourth-order valence-corrected chi connectivity index (χ4v) is 10.9. The maximum absolute atomic E-state index is 13.8. The van der Waals surface area contributed by atoms with E-state index in [-0.39, 0.29) is 30.4 Å². The van der Waals surface area contributed by atoms with Crippen molar-refractivity contribution < 1.29 is 19.8 Å². The molecule has 6 aromatic rings. The minimum absolute atomic E-state index is 0.0189. The van der Waals surface area contributed by atoms with Crippen LogP contribution in [0.4, 0.5) is 0 Å². The smallest absolute Gasteiger partial charge is 0.275 e. The lowest BCUT2D eigenvalue weighted by Crippen LogP contribution is -2.38. The summed E-state index contributed by atoms with van der Waals surface area (Å²) in [7, 11) is 0. The second kappa shape index (κ2) is 16.3. The van der Waals surface area contributed by atoms with Crippen LogP contribution < -0.4 is 21.5 Å². The van der Waals surface area contributed by atoms with Crippen molar-refractivity contribution in [3.05, 3.63) is 116 Å². The molecule has 0 saturated heterocycles. The predicted octanol–water partition coefficient (Wildman–Crippen LogP) is 5.22. The highest BCUT2D eigenvalue weighted by molar-refractivity contribution is 5.92. The van der Waals surface area contributed by atoms with Crippen molar-refractivity contribution in [1.82, 2.24) is 49.3 Å². The largest absolute Gasteiger partial charge is 0.503 e. The van der Waals surface area contributed by atoms with E-state index in [1.54, 1.807) is 0 Å². The number of hydrogen-bond acceptors (Lipinski definition) is 10. The number of nitrogens with zero attached hydrogens (tertiary/aromatic N) is 8. The minimum atomic E-state index is -0.815. The third-order valence-corrected chi connectivity index (χ3v) is 14.0. The maximum atomic E-state index is 13.8. The van der Waals surface area contributed by atoms with Gasteiger partial charge in [0.2, 0.25) is 0 Å². The Kier molecular flexibility index (Phi) is 10.5. The first-order valence-electron chi connectivity index (χ1n) is 22.4. The quantitative estimate of drug-likeness (QED) is 0.159. The summed E-state index contributed by atoms with van der Waals surface area (Å²) < 4.78 is 7.46. The summed E-state index contributed by atoms with van der Waals surface area (Å²) in [5.41, 5.74) is 1.62. The first kappa shape index (κ1) is 40.5. The van der Waals surface area contributed by atoms with Gasteiger partial charge >= 0.3 is 0 Å². The summed E-state index contributed by atoms with van der Waals surface area (Å²) in [5, 5.41) is 38.6. The number of aryl methyl sites for hydroxylation is 1. The van der Waals surface area contributed by atoms with E-state index in [0.29, 0.717) is 38.8 Å². The lowest BCUT2D eigenvalue weighted by Gasteiger charge is -2.33. The van der Waals surface area contributed by atoms with E-state index in [0.717, 1.165) is 97.4 Å². The molecule has 4 N–H and O–H groups in total. The topological polar surface area (TPSA) is 204 Å². The molecule has 16 nitrogen and oxygen atoms in total. The third kappa shape index (κ3) is 7.58. The molecule has 63 heavy (non-hydrogen) atoms. The van der Waals surface area contributed by atoms with Crippen LogP contribution >= 0.6 is 0 Å². The Labute approximate surface area is 362 Å². The van der Waals surface area contributed by atoms with Gasteiger partial charge in [-0.05, 0) is 106 Å². The Bertz CT molecular complexity index is 2920. The first-order chi connectivity index (χ1) is 30.6. The standard InChI is InChI=1S/C47H52N10O6/c58-36-26-54-28-46(14-4-5-15-46)56-19-12-34-22-31(25-51-42(34)56)8-9-32(11-18-49-45(63)39(52-54)41(36)61)35-10-16-47(23-35)29-55-27-37(59)40(60)38(53-55)44(62)48-17-6-2-1-3-7-30-21-33-13-20-57(47)43(33)50-24-30/h9,12-13,19-22,24-27,35,58-59H,1-8,10-11,14-18,23,28-29H2,(H,48,62)(H,49,63)/b32-9-. The van der Waals surface area contributed by atoms with Crippen LogP contribution in [0.1, 0.15) is 109 Å². The predicted molar refractivity (Wildman–Crippen MR) is 235 cm³/mol. The van der Waals surface area contributed by atoms with Gasteiger partial charge in [0.15, 0.2) is 22.9 Å². The summed E-state index contributed by atoms with van der Waals surface area (Å²) >= 11 is 0. The number of carbonyl (C=O) groups is 2. The number of aromatic hydroxyl groups is 2. The fraction of sp³-hybridized carbons (Fsp3) is 0.447. The summed E-state index contributed by atoms with van der Waals surface area (Å²) in [6.07, 6.45) is 24.3. The van der Waals surface area contributed by atoms with Gasteiger partial charge < -0.3 is 30.0 Å². The molecule has 4 aliphatic heterocycles. The van der Waals surface area contributed by atoms with Crippen LogP contribution in [-0.4, -0.2) is 73.8 Å². The molecule has 2 atom stereocenters. The molecule has 0 radical (unpaired) electrons. The lowest BCUT2D eigenvalue weighted by atomic mass is 9.89. The van der Waals surface area contributed by atoms with Crippen molar-refractivity contribution in [2.75, 3.05) is 13.1 Å². The second-order valence-corrected chi connectivity index (χ2v) is 18.2. The molecule has 6 aliphatic rings. The van der Waals surface area contributed by atoms with E-state index in [9.17, 15) is 29.4 Å². The number of carbonyl (C=O) groups excluding carboxylic acids is 2. The second-order valence-electron chi connectivity index (χ2n) is 18.2. The number of hydrogen-bond donors (Lipinski definition) is 4. The van der Waals surface area contributed by atoms with Crippen molar-refractivity contribution in [3.63, 3.8) is 0 Å². The van der Waals surface area contributed by atoms with E-state index in [1.165, 1.54) is 27.3 Å². The molecule has 326 valence electrons. The number of amides is 2. The number of aromatic nitrogens is 8. The summed E-state index contributed by atoms with van der Waals surface area (Å²) in [6, 6.07) is 8.57. The van der Waals surface area contributed by atoms with Crippen molar-refractivity contribution in [3.8, 4) is 11.5 Å². The van der Waals surface area contributed by atoms with Crippen molar-refractivity contribution in [2.24, 2.45) is 5.92 Å². The molecule has 2 saturated carbocycles. The van der Waals surface area contributed by atoms with Gasteiger partial charge in [0, 0.05) is 48.6 Å². The molecule has 12 rings (SSSR count). The van der Waals surface area contributed by atoms with Gasteiger partial charge in [-0.25, -0.2) is 9.97 Å². The molecule has 0 aromatic carbocycles. The normalized spacial score (nSPS) is 23.0. The van der Waals surface area contributed by atoms with Crippen molar-refractivity contribution in [1.29, 1.82) is 0 Å². The average molecular weight is 853 g/mol. The van der Waals surface area contributed by atoms with Gasteiger partial charge in [0.1, 0.15) is 11.3 Å². The Balaban J connectivity index is 1.04. The fourth-order valence-electron chi connectivity index (χ4n) is 10.9. The highest BCUT2D eigenvalue weighted by Crippen LogP contribution is 2.47. The molecule has 6 aromatic heterocycles. The Morgan fingerprint density at radius 2 is 1.24 bits per heavy atom. The van der Waals surface area contributed by atoms with Crippen LogP contribution in [0.2, 0.25) is 0 Å². The van der Waals surface area contributed by atoms with Crippen LogP contribution in [0.25, 0.3) is 22.1 Å². The SMILES string of the molecule is O=C1NCC/C(C2CCC3(C2)Cn2cc(O)c(=O)c(n2)C(=O)NCCCCCCc2cnc4c(ccn43)c2)=C/Cc2cnc3c(ccn3C3(CCCC3)Cn3cc(O)c(=O)c1n3)c2. The van der Waals surface area contributed by atoms with E-state index >= 15 is 0 Å². The van der Waals surface area contributed by atoms with Gasteiger partial charge in [-0.3, -0.25) is 28.5 Å². The highest BCUT2D eigenvalue weighted by atomic mass is 16.3. The van der Waals surface area contributed by atoms with Crippen molar-refractivity contribution in [2.45, 2.75) is 114 Å². The molecule has 2 fully saturated rings. The minimum Gasteiger partial charge on any atom is -0.503 e. The number of allylic oxidation sites excluding steroid dienone is 1.